The second-order valence-electron chi connectivity index (χ2n) is 7.37. The highest BCUT2D eigenvalue weighted by Crippen LogP contribution is 2.49. The number of rotatable bonds is 10. The van der Waals surface area contributed by atoms with Gasteiger partial charge in [-0.05, 0) is 27.7 Å². The van der Waals surface area contributed by atoms with Gasteiger partial charge in [0.05, 0.1) is 25.7 Å². The van der Waals surface area contributed by atoms with E-state index in [9.17, 15) is 19.8 Å². The molecule has 0 spiro atoms. The van der Waals surface area contributed by atoms with Crippen molar-refractivity contribution in [3.63, 3.8) is 0 Å². The van der Waals surface area contributed by atoms with Crippen molar-refractivity contribution in [2.24, 2.45) is 0 Å². The van der Waals surface area contributed by atoms with Gasteiger partial charge in [-0.15, -0.1) is 0 Å². The second-order valence-corrected chi connectivity index (χ2v) is 8.78. The van der Waals surface area contributed by atoms with Crippen LogP contribution in [0.15, 0.2) is 21.9 Å². The Morgan fingerprint density at radius 3 is 2.57 bits per heavy atom. The number of hydrogen-bond donors (Lipinski definition) is 3. The molecule has 0 amide bonds. The zero-order chi connectivity index (χ0) is 22.4. The topological polar surface area (TPSA) is 150 Å². The average molecular weight is 444 g/mol. The van der Waals surface area contributed by atoms with Crippen LogP contribution in [0.25, 0.3) is 0 Å². The third-order valence-corrected chi connectivity index (χ3v) is 6.62. The molecular weight excluding hydrogens is 415 g/mol. The van der Waals surface area contributed by atoms with Crippen molar-refractivity contribution in [1.82, 2.24) is 14.2 Å². The first kappa shape index (κ1) is 24.6. The van der Waals surface area contributed by atoms with E-state index < -0.39 is 50.9 Å². The van der Waals surface area contributed by atoms with Crippen molar-refractivity contribution in [2.75, 3.05) is 13.2 Å². The van der Waals surface area contributed by atoms with Crippen LogP contribution in [0.5, 0.6) is 0 Å². The van der Waals surface area contributed by atoms with E-state index in [4.69, 9.17) is 19.0 Å². The van der Waals surface area contributed by atoms with Gasteiger partial charge < -0.3 is 24.0 Å². The second kappa shape index (κ2) is 11.1. The van der Waals surface area contributed by atoms with Crippen LogP contribution in [0.3, 0.4) is 0 Å². The minimum absolute atomic E-state index is 0.0443. The molecule has 0 saturated carbocycles. The van der Waals surface area contributed by atoms with Gasteiger partial charge in [0.25, 0.3) is 14.1 Å². The molecular formula is C18H29N4O7P. The Bertz CT molecular complexity index is 829. The van der Waals surface area contributed by atoms with Crippen LogP contribution in [-0.4, -0.2) is 68.0 Å². The molecule has 2 rings (SSSR count). The summed E-state index contributed by atoms with van der Waals surface area (Å²) in [5, 5.41) is 29.4. The number of nitrogens with one attached hydrogen (secondary N) is 1. The molecule has 1 aromatic rings. The lowest BCUT2D eigenvalue weighted by Gasteiger charge is -2.37. The number of aliphatic hydroxyl groups excluding tert-OH is 2. The Hall–Kier alpha value is -1.64. The first-order chi connectivity index (χ1) is 14.2. The molecule has 12 heteroatoms. The molecule has 1 fully saturated rings. The Kier molecular flexibility index (Phi) is 9.12. The summed E-state index contributed by atoms with van der Waals surface area (Å²) in [5.74, 6) is 0. The summed E-state index contributed by atoms with van der Waals surface area (Å²) in [6, 6.07) is 3.24. The minimum atomic E-state index is -1.70. The maximum atomic E-state index is 12.1. The van der Waals surface area contributed by atoms with Crippen LogP contribution in [0, 0.1) is 11.3 Å². The SMILES string of the molecule is CC(C)N(C(C)C)P(OCCC#N)OC1[C@@H](CO)O[C@@H](n2ccc(=O)[nH]c2=O)[C@H]1O. The zero-order valence-electron chi connectivity index (χ0n) is 17.5. The van der Waals surface area contributed by atoms with Crippen LogP contribution in [-0.2, 0) is 13.8 Å². The van der Waals surface area contributed by atoms with Crippen molar-refractivity contribution in [1.29, 1.82) is 5.26 Å². The van der Waals surface area contributed by atoms with Crippen LogP contribution < -0.4 is 11.2 Å². The largest absolute Gasteiger partial charge is 0.394 e. The molecule has 30 heavy (non-hydrogen) atoms. The van der Waals surface area contributed by atoms with Crippen molar-refractivity contribution in [3.8, 4) is 6.07 Å². The minimum Gasteiger partial charge on any atom is -0.394 e. The number of H-pyrrole nitrogens is 1. The molecule has 1 aliphatic heterocycles. The predicted molar refractivity (Wildman–Crippen MR) is 108 cm³/mol. The average Bonchev–Trinajstić information content (AvgIpc) is 2.97. The van der Waals surface area contributed by atoms with E-state index >= 15 is 0 Å². The summed E-state index contributed by atoms with van der Waals surface area (Å²) in [7, 11) is -1.70. The van der Waals surface area contributed by atoms with Crippen molar-refractivity contribution in [2.45, 2.75) is 70.7 Å². The zero-order valence-corrected chi connectivity index (χ0v) is 18.4. The number of aromatic amines is 1. The van der Waals surface area contributed by atoms with E-state index in [1.54, 1.807) is 0 Å². The highest BCUT2D eigenvalue weighted by molar-refractivity contribution is 7.44. The van der Waals surface area contributed by atoms with Gasteiger partial charge in [-0.25, -0.2) is 9.46 Å². The Morgan fingerprint density at radius 1 is 1.37 bits per heavy atom. The van der Waals surface area contributed by atoms with Crippen molar-refractivity contribution in [3.05, 3.63) is 33.1 Å². The van der Waals surface area contributed by atoms with Gasteiger partial charge in [-0.2, -0.15) is 5.26 Å². The summed E-state index contributed by atoms with van der Waals surface area (Å²) in [4.78, 5) is 25.5. The number of hydrogen-bond acceptors (Lipinski definition) is 9. The number of nitrogens with zero attached hydrogens (tertiary/aromatic N) is 3. The molecule has 0 aliphatic carbocycles. The molecule has 0 aromatic carbocycles. The van der Waals surface area contributed by atoms with Gasteiger partial charge in [0, 0.05) is 24.3 Å². The Morgan fingerprint density at radius 2 is 2.03 bits per heavy atom. The Labute approximate surface area is 175 Å². The van der Waals surface area contributed by atoms with Crippen LogP contribution in [0.1, 0.15) is 40.3 Å². The lowest BCUT2D eigenvalue weighted by molar-refractivity contribution is -0.0546. The van der Waals surface area contributed by atoms with Crippen molar-refractivity contribution >= 4 is 8.53 Å². The lowest BCUT2D eigenvalue weighted by atomic mass is 10.1. The lowest BCUT2D eigenvalue weighted by Crippen LogP contribution is -2.41. The summed E-state index contributed by atoms with van der Waals surface area (Å²) < 4.78 is 20.6. The fraction of sp³-hybridized carbons (Fsp3) is 0.722. The van der Waals surface area contributed by atoms with E-state index in [0.29, 0.717) is 0 Å². The van der Waals surface area contributed by atoms with Crippen LogP contribution >= 0.6 is 8.53 Å². The summed E-state index contributed by atoms with van der Waals surface area (Å²) >= 11 is 0. The van der Waals surface area contributed by atoms with E-state index in [-0.39, 0.29) is 25.1 Å². The highest BCUT2D eigenvalue weighted by atomic mass is 31.2. The molecule has 1 aliphatic rings. The Balaban J connectivity index is 2.29. The third-order valence-electron chi connectivity index (χ3n) is 4.49. The quantitative estimate of drug-likeness (QED) is 0.345. The summed E-state index contributed by atoms with van der Waals surface area (Å²) in [6.45, 7) is 7.58. The van der Waals surface area contributed by atoms with E-state index in [1.807, 2.05) is 38.4 Å². The molecule has 1 aromatic heterocycles. The highest BCUT2D eigenvalue weighted by Gasteiger charge is 2.48. The number of nitriles is 1. The normalized spacial score (nSPS) is 25.2. The number of ether oxygens (including phenoxy) is 1. The summed E-state index contributed by atoms with van der Waals surface area (Å²) in [5.41, 5.74) is -1.32. The van der Waals surface area contributed by atoms with Gasteiger partial charge in [0.1, 0.15) is 18.3 Å². The molecule has 5 atom stereocenters. The predicted octanol–water partition coefficient (Wildman–Crippen LogP) is 0.448. The van der Waals surface area contributed by atoms with Gasteiger partial charge in [-0.3, -0.25) is 14.3 Å². The molecule has 168 valence electrons. The van der Waals surface area contributed by atoms with Crippen molar-refractivity contribution < 1.29 is 24.0 Å². The molecule has 2 unspecified atom stereocenters. The first-order valence-corrected chi connectivity index (χ1v) is 10.8. The smallest absolute Gasteiger partial charge is 0.330 e. The molecule has 3 N–H and O–H groups in total. The maximum Gasteiger partial charge on any atom is 0.330 e. The molecule has 11 nitrogen and oxygen atoms in total. The van der Waals surface area contributed by atoms with Gasteiger partial charge >= 0.3 is 5.69 Å². The third kappa shape index (κ3) is 5.74. The fourth-order valence-electron chi connectivity index (χ4n) is 3.25. The van der Waals surface area contributed by atoms with E-state index in [1.165, 1.54) is 6.20 Å². The summed E-state index contributed by atoms with van der Waals surface area (Å²) in [6.07, 6.45) is -2.99. The van der Waals surface area contributed by atoms with Gasteiger partial charge in [0.2, 0.25) is 0 Å². The molecule has 0 radical (unpaired) electrons. The van der Waals surface area contributed by atoms with E-state index in [0.717, 1.165) is 10.6 Å². The van der Waals surface area contributed by atoms with Crippen LogP contribution in [0.4, 0.5) is 0 Å². The van der Waals surface area contributed by atoms with Gasteiger partial charge in [-0.1, -0.05) is 0 Å². The maximum absolute atomic E-state index is 12.1. The van der Waals surface area contributed by atoms with Crippen LogP contribution in [0.2, 0.25) is 0 Å². The van der Waals surface area contributed by atoms with Gasteiger partial charge in [0.15, 0.2) is 6.23 Å². The van der Waals surface area contributed by atoms with E-state index in [2.05, 4.69) is 4.98 Å². The molecule has 1 saturated heterocycles. The standard InChI is InChI=1S/C18H29N4O7P/c1-11(2)22(12(3)4)30(27-9-5-7-19)29-16-13(10-23)28-17(15(16)25)21-8-6-14(24)20-18(21)26/h6,8,11-13,15-17,23,25H,5,9-10H2,1-4H3,(H,20,24,26)/t13-,15+,16?,17-,30?/m1/s1. The number of aromatic nitrogens is 2. The fourth-order valence-corrected chi connectivity index (χ4v) is 5.03. The molecule has 0 bridgehead atoms. The number of aliphatic hydroxyl groups is 2. The first-order valence-electron chi connectivity index (χ1n) is 9.72. The monoisotopic (exact) mass is 444 g/mol. The molecule has 2 heterocycles.